The van der Waals surface area contributed by atoms with Crippen LogP contribution in [0.1, 0.15) is 50.3 Å². The number of hydrogen-bond acceptors (Lipinski definition) is 0. The van der Waals surface area contributed by atoms with Gasteiger partial charge in [0.1, 0.15) is 0 Å². The second-order valence-corrected chi connectivity index (χ2v) is 13.9. The summed E-state index contributed by atoms with van der Waals surface area (Å²) in [6.45, 7) is 9.24. The predicted octanol–water partition coefficient (Wildman–Crippen LogP) is 12.3. The van der Waals surface area contributed by atoms with E-state index in [1.807, 2.05) is 0 Å². The van der Waals surface area contributed by atoms with Gasteiger partial charge in [-0.2, -0.15) is 0 Å². The van der Waals surface area contributed by atoms with Gasteiger partial charge in [-0.3, -0.25) is 0 Å². The molecule has 0 spiro atoms. The number of nitrogens with zero attached hydrogens (tertiary/aromatic N) is 1. The van der Waals surface area contributed by atoms with Gasteiger partial charge in [0.25, 0.3) is 0 Å². The summed E-state index contributed by atoms with van der Waals surface area (Å²) in [5, 5.41) is 8.02. The fourth-order valence-electron chi connectivity index (χ4n) is 7.76. The Morgan fingerprint density at radius 3 is 1.96 bits per heavy atom. The molecule has 1 atom stereocenters. The van der Waals surface area contributed by atoms with Crippen LogP contribution in [0.3, 0.4) is 0 Å². The van der Waals surface area contributed by atoms with Crippen LogP contribution in [0.5, 0.6) is 0 Å². The van der Waals surface area contributed by atoms with Gasteiger partial charge in [-0.1, -0.05) is 113 Å². The first-order chi connectivity index (χ1) is 21.9. The molecule has 1 aliphatic carbocycles. The van der Waals surface area contributed by atoms with Crippen LogP contribution in [0.2, 0.25) is 0 Å². The maximum Gasteiger partial charge on any atom is 0.0620 e. The third-order valence-electron chi connectivity index (χ3n) is 10.5. The molecule has 0 saturated heterocycles. The Hall–Kier alpha value is -4.88. The minimum atomic E-state index is 0.504. The number of rotatable bonds is 4. The molecule has 2 heterocycles. The van der Waals surface area contributed by atoms with Gasteiger partial charge in [-0.15, -0.1) is 0 Å². The standard InChI is InChI=1S/C44H37N/c1-26(2)31-14-16-33-24-42-38(20-35(33)18-31)40-22-37(30-12-10-29(11-13-30)28-8-6-5-7-9-28)23-41-39-21-36-19-32(27(3)4)15-17-34(36)25-43(39)45(42)44(40)41/h5-18,20-27,32H,19H2,1-4H3. The lowest BCUT2D eigenvalue weighted by atomic mass is 9.82. The molecule has 45 heavy (non-hydrogen) atoms. The molecular weight excluding hydrogens is 542 g/mol. The van der Waals surface area contributed by atoms with Crippen LogP contribution in [0.4, 0.5) is 0 Å². The van der Waals surface area contributed by atoms with Crippen LogP contribution in [-0.4, -0.2) is 4.40 Å². The average molecular weight is 580 g/mol. The van der Waals surface area contributed by atoms with E-state index in [4.69, 9.17) is 0 Å². The van der Waals surface area contributed by atoms with E-state index < -0.39 is 0 Å². The Bertz CT molecular complexity index is 2440. The van der Waals surface area contributed by atoms with E-state index in [1.54, 1.807) is 0 Å². The van der Waals surface area contributed by atoms with Crippen molar-refractivity contribution in [3.05, 3.63) is 132 Å². The van der Waals surface area contributed by atoms with E-state index in [-0.39, 0.29) is 0 Å². The molecule has 1 aliphatic rings. The molecule has 218 valence electrons. The van der Waals surface area contributed by atoms with Crippen molar-refractivity contribution < 1.29 is 0 Å². The number of allylic oxidation sites excluding steroid dienone is 1. The molecule has 0 saturated carbocycles. The fraction of sp³-hybridized carbons (Fsp3) is 0.182. The van der Waals surface area contributed by atoms with Gasteiger partial charge in [0.05, 0.1) is 16.6 Å². The zero-order valence-corrected chi connectivity index (χ0v) is 26.4. The Kier molecular flexibility index (Phi) is 5.78. The smallest absolute Gasteiger partial charge is 0.0620 e. The SMILES string of the molecule is CC(C)c1ccc2cc3c(cc2c1)c1cc(-c2ccc(-c4ccccc4)cc2)cc2c4cc5c(cc4n3c21)C=CC(C(C)C)C5. The highest BCUT2D eigenvalue weighted by molar-refractivity contribution is 6.26. The molecule has 0 aliphatic heterocycles. The van der Waals surface area contributed by atoms with E-state index in [0.717, 1.165) is 6.42 Å². The summed E-state index contributed by atoms with van der Waals surface area (Å²) in [5.74, 6) is 1.73. The zero-order valence-electron chi connectivity index (χ0n) is 26.4. The van der Waals surface area contributed by atoms with E-state index >= 15 is 0 Å². The third-order valence-corrected chi connectivity index (χ3v) is 10.5. The minimum Gasteiger partial charge on any atom is -0.308 e. The molecule has 0 bridgehead atoms. The summed E-state index contributed by atoms with van der Waals surface area (Å²) >= 11 is 0. The summed E-state index contributed by atoms with van der Waals surface area (Å²) in [5.41, 5.74) is 13.2. The molecule has 0 radical (unpaired) electrons. The second kappa shape index (κ2) is 9.81. The van der Waals surface area contributed by atoms with Gasteiger partial charge in [0.15, 0.2) is 0 Å². The quantitative estimate of drug-likeness (QED) is 0.195. The molecule has 1 heteroatoms. The third kappa shape index (κ3) is 4.07. The van der Waals surface area contributed by atoms with Crippen molar-refractivity contribution in [3.63, 3.8) is 0 Å². The van der Waals surface area contributed by atoms with Crippen LogP contribution in [-0.2, 0) is 6.42 Å². The normalized spacial score (nSPS) is 15.1. The van der Waals surface area contributed by atoms with Gasteiger partial charge in [-0.05, 0) is 110 Å². The molecule has 8 aromatic rings. The lowest BCUT2D eigenvalue weighted by Gasteiger charge is -2.22. The molecule has 0 fully saturated rings. The van der Waals surface area contributed by atoms with E-state index in [0.29, 0.717) is 17.8 Å². The molecule has 9 rings (SSSR count). The Morgan fingerprint density at radius 1 is 0.578 bits per heavy atom. The van der Waals surface area contributed by atoms with Crippen molar-refractivity contribution in [2.75, 3.05) is 0 Å². The summed E-state index contributed by atoms with van der Waals surface area (Å²) in [6.07, 6.45) is 5.92. The largest absolute Gasteiger partial charge is 0.308 e. The average Bonchev–Trinajstić information content (AvgIpc) is 3.56. The second-order valence-electron chi connectivity index (χ2n) is 13.9. The van der Waals surface area contributed by atoms with Crippen LogP contribution in [0.15, 0.2) is 115 Å². The number of hydrogen-bond donors (Lipinski definition) is 0. The van der Waals surface area contributed by atoms with Crippen molar-refractivity contribution in [3.8, 4) is 22.3 Å². The van der Waals surface area contributed by atoms with Gasteiger partial charge in [0, 0.05) is 21.5 Å². The highest BCUT2D eigenvalue weighted by Crippen LogP contribution is 2.44. The highest BCUT2D eigenvalue weighted by atomic mass is 14.9. The van der Waals surface area contributed by atoms with Crippen molar-refractivity contribution in [1.29, 1.82) is 0 Å². The Balaban J connectivity index is 1.33. The maximum absolute atomic E-state index is 2.55. The summed E-state index contributed by atoms with van der Waals surface area (Å²) in [7, 11) is 0. The van der Waals surface area contributed by atoms with Gasteiger partial charge in [0.2, 0.25) is 0 Å². The number of benzene rings is 6. The van der Waals surface area contributed by atoms with Crippen LogP contribution < -0.4 is 0 Å². The first-order valence-corrected chi connectivity index (χ1v) is 16.5. The van der Waals surface area contributed by atoms with Crippen molar-refractivity contribution in [2.45, 2.75) is 40.0 Å². The Morgan fingerprint density at radius 2 is 1.24 bits per heavy atom. The van der Waals surface area contributed by atoms with E-state index in [9.17, 15) is 0 Å². The lowest BCUT2D eigenvalue weighted by Crippen LogP contribution is -2.12. The maximum atomic E-state index is 2.55. The molecule has 0 N–H and O–H groups in total. The monoisotopic (exact) mass is 579 g/mol. The topological polar surface area (TPSA) is 4.41 Å². The van der Waals surface area contributed by atoms with Crippen molar-refractivity contribution in [1.82, 2.24) is 4.40 Å². The van der Waals surface area contributed by atoms with Crippen molar-refractivity contribution in [2.24, 2.45) is 11.8 Å². The Labute approximate surface area is 264 Å². The van der Waals surface area contributed by atoms with Crippen LogP contribution >= 0.6 is 0 Å². The predicted molar refractivity (Wildman–Crippen MR) is 195 cm³/mol. The summed E-state index contributed by atoms with van der Waals surface area (Å²) < 4.78 is 2.55. The van der Waals surface area contributed by atoms with Gasteiger partial charge >= 0.3 is 0 Å². The zero-order chi connectivity index (χ0) is 30.4. The first-order valence-electron chi connectivity index (χ1n) is 16.5. The molecule has 1 nitrogen and oxygen atoms in total. The number of aromatic nitrogens is 1. The molecule has 6 aromatic carbocycles. The summed E-state index contributed by atoms with van der Waals surface area (Å²) in [4.78, 5) is 0. The summed E-state index contributed by atoms with van der Waals surface area (Å²) in [6, 6.07) is 41.5. The van der Waals surface area contributed by atoms with Gasteiger partial charge in [-0.25, -0.2) is 0 Å². The fourth-order valence-corrected chi connectivity index (χ4v) is 7.76. The number of fused-ring (bicyclic) bond motifs is 8. The van der Waals surface area contributed by atoms with Crippen LogP contribution in [0.25, 0.3) is 77.2 Å². The molecular formula is C44H37N. The van der Waals surface area contributed by atoms with Crippen LogP contribution in [0, 0.1) is 11.8 Å². The van der Waals surface area contributed by atoms with E-state index in [1.165, 1.54) is 87.8 Å². The molecule has 1 unspecified atom stereocenters. The first kappa shape index (κ1) is 26.5. The molecule has 0 amide bonds. The van der Waals surface area contributed by atoms with Gasteiger partial charge < -0.3 is 4.40 Å². The highest BCUT2D eigenvalue weighted by Gasteiger charge is 2.23. The van der Waals surface area contributed by atoms with Crippen molar-refractivity contribution >= 4 is 54.9 Å². The van der Waals surface area contributed by atoms with E-state index in [2.05, 4.69) is 153 Å². The minimum absolute atomic E-state index is 0.504. The molecule has 2 aromatic heterocycles. The lowest BCUT2D eigenvalue weighted by molar-refractivity contribution is 0.461.